The molecule has 0 spiro atoms. The van der Waals surface area contributed by atoms with E-state index in [4.69, 9.17) is 9.47 Å². The fourth-order valence-electron chi connectivity index (χ4n) is 1.16. The summed E-state index contributed by atoms with van der Waals surface area (Å²) in [4.78, 5) is 37.6. The predicted molar refractivity (Wildman–Crippen MR) is 84.1 cm³/mol. The highest BCUT2D eigenvalue weighted by Gasteiger charge is 2.07. The van der Waals surface area contributed by atoms with Gasteiger partial charge >= 0.3 is 12.2 Å². The normalized spacial score (nSPS) is 10.3. The van der Waals surface area contributed by atoms with Crippen molar-refractivity contribution in [1.82, 2.24) is 21.3 Å². The first kappa shape index (κ1) is 20.2. The maximum Gasteiger partial charge on any atom is 0.413 e. The Morgan fingerprint density at radius 3 is 2.43 bits per heavy atom. The van der Waals surface area contributed by atoms with Crippen LogP contribution in [0.15, 0.2) is 17.6 Å². The second-order valence-electron chi connectivity index (χ2n) is 3.92. The molecule has 3 amide bonds. The van der Waals surface area contributed by atoms with Gasteiger partial charge in [0.15, 0.2) is 0 Å². The number of likely N-dealkylation sites (N-methyl/N-ethyl adjacent to an activating group) is 1. The fourth-order valence-corrected chi connectivity index (χ4v) is 1.16. The van der Waals surface area contributed by atoms with E-state index in [-0.39, 0.29) is 44.7 Å². The summed E-state index contributed by atoms with van der Waals surface area (Å²) >= 11 is 0. The molecule has 0 radical (unpaired) electrons. The molecular weight excluding hydrogens is 306 g/mol. The Balaban J connectivity index is 4.29. The Kier molecular flexibility index (Phi) is 11.4. The highest BCUT2D eigenvalue weighted by Crippen LogP contribution is 1.80. The fraction of sp³-hybridized carbons (Fsp3) is 0.538. The first-order valence-corrected chi connectivity index (χ1v) is 6.97. The zero-order chi connectivity index (χ0) is 17.5. The molecule has 0 unspecified atom stereocenters. The van der Waals surface area contributed by atoms with Crippen LogP contribution in [0, 0.1) is 0 Å². The van der Waals surface area contributed by atoms with Crippen LogP contribution in [0.3, 0.4) is 0 Å². The van der Waals surface area contributed by atoms with Crippen molar-refractivity contribution in [1.29, 1.82) is 0 Å². The summed E-state index contributed by atoms with van der Waals surface area (Å²) in [5.41, 5.74) is 0. The van der Waals surface area contributed by atoms with Gasteiger partial charge in [0.2, 0.25) is 11.9 Å². The van der Waals surface area contributed by atoms with Gasteiger partial charge in [0.05, 0.1) is 6.61 Å². The van der Waals surface area contributed by atoms with E-state index in [0.717, 1.165) is 0 Å². The number of nitrogens with zero attached hydrogens (tertiary/aromatic N) is 1. The molecule has 10 nitrogen and oxygen atoms in total. The molecule has 0 atom stereocenters. The molecule has 0 saturated heterocycles. The summed E-state index contributed by atoms with van der Waals surface area (Å²) in [7, 11) is 1.47. The number of nitrogens with one attached hydrogen (secondary N) is 4. The second kappa shape index (κ2) is 12.9. The Bertz CT molecular complexity index is 438. The van der Waals surface area contributed by atoms with Crippen LogP contribution >= 0.6 is 0 Å². The minimum Gasteiger partial charge on any atom is -0.450 e. The second-order valence-corrected chi connectivity index (χ2v) is 3.92. The Hall–Kier alpha value is -2.78. The molecule has 0 aromatic rings. The first-order valence-electron chi connectivity index (χ1n) is 6.97. The van der Waals surface area contributed by atoms with Crippen molar-refractivity contribution in [3.63, 3.8) is 0 Å². The zero-order valence-corrected chi connectivity index (χ0v) is 13.3. The molecule has 0 fully saturated rings. The van der Waals surface area contributed by atoms with Gasteiger partial charge in [-0.2, -0.15) is 0 Å². The minimum atomic E-state index is -0.700. The van der Waals surface area contributed by atoms with Crippen molar-refractivity contribution in [3.8, 4) is 0 Å². The van der Waals surface area contributed by atoms with Gasteiger partial charge in [-0.15, -0.1) is 0 Å². The average Bonchev–Trinajstić information content (AvgIpc) is 2.54. The van der Waals surface area contributed by atoms with Crippen LogP contribution < -0.4 is 21.3 Å². The molecule has 23 heavy (non-hydrogen) atoms. The maximum absolute atomic E-state index is 11.4. The maximum atomic E-state index is 11.4. The van der Waals surface area contributed by atoms with Crippen LogP contribution in [-0.4, -0.2) is 63.9 Å². The van der Waals surface area contributed by atoms with Crippen molar-refractivity contribution in [2.75, 3.05) is 39.9 Å². The van der Waals surface area contributed by atoms with E-state index < -0.39 is 12.2 Å². The van der Waals surface area contributed by atoms with Crippen molar-refractivity contribution in [2.45, 2.75) is 6.92 Å². The molecule has 0 bridgehead atoms. The Morgan fingerprint density at radius 2 is 1.83 bits per heavy atom. The molecule has 0 aliphatic heterocycles. The van der Waals surface area contributed by atoms with Gasteiger partial charge in [0.25, 0.3) is 0 Å². The lowest BCUT2D eigenvalue weighted by atomic mass is 10.6. The van der Waals surface area contributed by atoms with E-state index >= 15 is 0 Å². The third kappa shape index (κ3) is 11.5. The lowest BCUT2D eigenvalue weighted by molar-refractivity contribution is -0.119. The number of rotatable bonds is 8. The molecule has 0 aliphatic rings. The van der Waals surface area contributed by atoms with E-state index in [9.17, 15) is 14.4 Å². The molecule has 0 heterocycles. The summed E-state index contributed by atoms with van der Waals surface area (Å²) in [6.07, 6.45) is 0.160. The molecule has 0 saturated carbocycles. The van der Waals surface area contributed by atoms with E-state index in [2.05, 4.69) is 32.8 Å². The SMILES string of the molecule is C=CCOC(=O)NCCNC(=NCC(=O)NC)NC(=O)OCC. The van der Waals surface area contributed by atoms with Gasteiger partial charge < -0.3 is 25.4 Å². The quantitative estimate of drug-likeness (QED) is 0.202. The number of carbonyl (C=O) groups excluding carboxylic acids is 3. The van der Waals surface area contributed by atoms with Crippen LogP contribution in [0.4, 0.5) is 9.59 Å². The summed E-state index contributed by atoms with van der Waals surface area (Å²) in [5.74, 6) is -0.255. The average molecular weight is 329 g/mol. The van der Waals surface area contributed by atoms with Crippen LogP contribution in [0.2, 0.25) is 0 Å². The molecule has 130 valence electrons. The van der Waals surface area contributed by atoms with Gasteiger partial charge in [0.1, 0.15) is 13.2 Å². The third-order valence-electron chi connectivity index (χ3n) is 2.17. The van der Waals surface area contributed by atoms with E-state index in [1.807, 2.05) is 0 Å². The highest BCUT2D eigenvalue weighted by atomic mass is 16.6. The zero-order valence-electron chi connectivity index (χ0n) is 13.3. The lowest BCUT2D eigenvalue weighted by Crippen LogP contribution is -2.44. The van der Waals surface area contributed by atoms with E-state index in [1.165, 1.54) is 13.1 Å². The first-order chi connectivity index (χ1) is 11.0. The van der Waals surface area contributed by atoms with Crippen LogP contribution in [-0.2, 0) is 14.3 Å². The van der Waals surface area contributed by atoms with Gasteiger partial charge in [0, 0.05) is 20.1 Å². The number of ether oxygens (including phenoxy) is 2. The number of amides is 3. The van der Waals surface area contributed by atoms with Gasteiger partial charge in [-0.1, -0.05) is 12.7 Å². The van der Waals surface area contributed by atoms with Crippen LogP contribution in [0.5, 0.6) is 0 Å². The number of alkyl carbamates (subject to hydrolysis) is 2. The van der Waals surface area contributed by atoms with Crippen molar-refractivity contribution in [2.24, 2.45) is 4.99 Å². The highest BCUT2D eigenvalue weighted by molar-refractivity contribution is 5.95. The molecule has 0 aliphatic carbocycles. The van der Waals surface area contributed by atoms with Gasteiger partial charge in [-0.3, -0.25) is 10.1 Å². The topological polar surface area (TPSA) is 130 Å². The summed E-state index contributed by atoms with van der Waals surface area (Å²) in [5, 5.41) is 10.0. The van der Waals surface area contributed by atoms with Crippen LogP contribution in [0.25, 0.3) is 0 Å². The van der Waals surface area contributed by atoms with Gasteiger partial charge in [-0.25, -0.2) is 14.6 Å². The minimum absolute atomic E-state index is 0.0632. The molecule has 4 N–H and O–H groups in total. The number of carbonyl (C=O) groups is 3. The molecule has 0 rings (SSSR count). The number of hydrogen-bond acceptors (Lipinski definition) is 6. The molecule has 10 heteroatoms. The largest absolute Gasteiger partial charge is 0.450 e. The Morgan fingerprint density at radius 1 is 1.13 bits per heavy atom. The molecular formula is C13H23N5O5. The summed E-state index contributed by atoms with van der Waals surface area (Å²) < 4.78 is 9.44. The molecule has 0 aromatic heterocycles. The predicted octanol–water partition coefficient (Wildman–Crippen LogP) is -0.664. The third-order valence-corrected chi connectivity index (χ3v) is 2.17. The van der Waals surface area contributed by atoms with E-state index in [0.29, 0.717) is 0 Å². The molecule has 0 aromatic carbocycles. The smallest absolute Gasteiger partial charge is 0.413 e. The number of guanidine groups is 1. The van der Waals surface area contributed by atoms with Crippen molar-refractivity contribution >= 4 is 24.1 Å². The van der Waals surface area contributed by atoms with Crippen molar-refractivity contribution < 1.29 is 23.9 Å². The monoisotopic (exact) mass is 329 g/mol. The summed E-state index contributed by atoms with van der Waals surface area (Å²) in [6.45, 7) is 5.70. The van der Waals surface area contributed by atoms with E-state index in [1.54, 1.807) is 6.92 Å². The summed E-state index contributed by atoms with van der Waals surface area (Å²) in [6, 6.07) is 0. The standard InChI is InChI=1S/C13H23N5O5/c1-4-8-23-12(20)16-7-6-15-11(17-9-10(19)14-3)18-13(21)22-5-2/h4H,1,5-9H2,2-3H3,(H,14,19)(H,16,20)(H2,15,17,18,21). The van der Waals surface area contributed by atoms with Crippen molar-refractivity contribution in [3.05, 3.63) is 12.7 Å². The Labute approximate surface area is 134 Å². The van der Waals surface area contributed by atoms with Gasteiger partial charge in [-0.05, 0) is 6.92 Å². The number of aliphatic imine (C=N–C) groups is 1. The van der Waals surface area contributed by atoms with Crippen LogP contribution in [0.1, 0.15) is 6.92 Å². The lowest BCUT2D eigenvalue weighted by Gasteiger charge is -2.11. The number of hydrogen-bond donors (Lipinski definition) is 4.